The lowest BCUT2D eigenvalue weighted by atomic mass is 10.0. The first-order valence-electron chi connectivity index (χ1n) is 17.0. The summed E-state index contributed by atoms with van der Waals surface area (Å²) in [6, 6.07) is 27.5. The van der Waals surface area contributed by atoms with Crippen LogP contribution in [0.1, 0.15) is 40.1 Å². The van der Waals surface area contributed by atoms with Gasteiger partial charge in [-0.25, -0.2) is 13.9 Å². The zero-order chi connectivity index (χ0) is 38.7. The van der Waals surface area contributed by atoms with E-state index in [1.54, 1.807) is 84.7 Å². The molecule has 0 spiro atoms. The summed E-state index contributed by atoms with van der Waals surface area (Å²) in [5.74, 6) is -0.253. The van der Waals surface area contributed by atoms with Gasteiger partial charge in [0.1, 0.15) is 5.69 Å². The maximum atomic E-state index is 13.8. The second-order valence-electron chi connectivity index (χ2n) is 12.6. The van der Waals surface area contributed by atoms with Crippen LogP contribution in [0.4, 0.5) is 29.5 Å². The Hall–Kier alpha value is -5.80. The third-order valence-corrected chi connectivity index (χ3v) is 10.2. The minimum absolute atomic E-state index is 0.0755. The van der Waals surface area contributed by atoms with Crippen molar-refractivity contribution in [3.8, 4) is 11.1 Å². The van der Waals surface area contributed by atoms with E-state index in [0.717, 1.165) is 23.3 Å². The molecule has 0 fully saturated rings. The molecule has 2 amide bonds. The Labute approximate surface area is 312 Å². The highest BCUT2D eigenvalue weighted by atomic mass is 31.2. The number of amides is 2. The highest BCUT2D eigenvalue weighted by Crippen LogP contribution is 2.51. The number of carbonyl (C=O) groups excluding carboxylic acids is 2. The Balaban J connectivity index is 1.03. The number of ether oxygens (including phenoxy) is 1. The van der Waals surface area contributed by atoms with Gasteiger partial charge in [-0.05, 0) is 60.0 Å². The molecule has 6 aromatic rings. The first-order chi connectivity index (χ1) is 26.4. The molecule has 0 bridgehead atoms. The molecule has 0 saturated heterocycles. The molecule has 17 heteroatoms. The monoisotopic (exact) mass is 774 g/mol. The predicted molar refractivity (Wildman–Crippen MR) is 196 cm³/mol. The molecule has 1 aliphatic heterocycles. The van der Waals surface area contributed by atoms with Gasteiger partial charge in [0.15, 0.2) is 5.82 Å². The number of aryl methyl sites for hydroxylation is 1. The van der Waals surface area contributed by atoms with E-state index in [1.165, 1.54) is 21.7 Å². The summed E-state index contributed by atoms with van der Waals surface area (Å²) in [6.07, 6.45) is -3.88. The number of anilines is 2. The van der Waals surface area contributed by atoms with Gasteiger partial charge in [-0.3, -0.25) is 28.5 Å². The zero-order valence-corrected chi connectivity index (χ0v) is 30.4. The number of aromatic nitrogens is 4. The molecule has 2 aromatic heterocycles. The van der Waals surface area contributed by atoms with Gasteiger partial charge in [0.05, 0.1) is 36.5 Å². The van der Waals surface area contributed by atoms with Crippen LogP contribution >= 0.6 is 7.82 Å². The van der Waals surface area contributed by atoms with Crippen molar-refractivity contribution >= 4 is 42.2 Å². The smallest absolute Gasteiger partial charge is 0.421 e. The molecule has 13 nitrogen and oxygen atoms in total. The fourth-order valence-electron chi connectivity index (χ4n) is 6.09. The number of hydrogen-bond donors (Lipinski definition) is 1. The number of carbonyl (C=O) groups is 2. The van der Waals surface area contributed by atoms with Gasteiger partial charge < -0.3 is 9.64 Å². The van der Waals surface area contributed by atoms with E-state index in [1.807, 2.05) is 19.1 Å². The van der Waals surface area contributed by atoms with Crippen molar-refractivity contribution in [2.24, 2.45) is 7.05 Å². The number of nitrogens with zero attached hydrogens (tertiary/aromatic N) is 5. The predicted octanol–water partition coefficient (Wildman–Crippen LogP) is 8.74. The molecule has 1 aliphatic rings. The van der Waals surface area contributed by atoms with Crippen molar-refractivity contribution in [1.29, 1.82) is 0 Å². The summed E-state index contributed by atoms with van der Waals surface area (Å²) in [6.45, 7) is 1.17. The Morgan fingerprint density at radius 3 is 2.16 bits per heavy atom. The number of halogens is 3. The highest BCUT2D eigenvalue weighted by molar-refractivity contribution is 7.48. The number of rotatable bonds is 12. The maximum Gasteiger partial charge on any atom is 0.478 e. The van der Waals surface area contributed by atoms with E-state index in [0.29, 0.717) is 27.7 Å². The molecule has 1 N–H and O–H groups in total. The van der Waals surface area contributed by atoms with E-state index in [2.05, 4.69) is 15.5 Å². The van der Waals surface area contributed by atoms with Crippen molar-refractivity contribution < 1.29 is 45.6 Å². The molecule has 4 aromatic carbocycles. The Morgan fingerprint density at radius 2 is 1.55 bits per heavy atom. The van der Waals surface area contributed by atoms with E-state index in [9.17, 15) is 27.3 Å². The van der Waals surface area contributed by atoms with Crippen molar-refractivity contribution in [2.45, 2.75) is 32.4 Å². The van der Waals surface area contributed by atoms with Crippen molar-refractivity contribution in [1.82, 2.24) is 19.6 Å². The number of phosphoric acid groups is 1. The molecule has 0 unspecified atom stereocenters. The standard InChI is InChI=1S/C38H34F3N6O7P/c1-25-21-46(30-16-14-29(15-17-30)38(39,40)41)36(48)34-32(20-42-47(25)34)28-13-18-31-33(19-28)45(2)44-35(31)43-37(49)51-24-54-55(50,52-22-26-9-5-3-6-10-26)53-23-27-11-7-4-8-12-27/h3-20,25H,21-24H2,1-2H3,(H,43,44,49)/t25-/m0/s1. The van der Waals surface area contributed by atoms with Gasteiger partial charge >= 0.3 is 20.1 Å². The molecular formula is C38H34F3N6O7P. The van der Waals surface area contributed by atoms with Crippen LogP contribution in [0.25, 0.3) is 22.0 Å². The van der Waals surface area contributed by atoms with E-state index in [-0.39, 0.29) is 37.3 Å². The van der Waals surface area contributed by atoms with Crippen LogP contribution in [0.2, 0.25) is 0 Å². The molecule has 7 rings (SSSR count). The van der Waals surface area contributed by atoms with Gasteiger partial charge in [-0.2, -0.15) is 23.4 Å². The Morgan fingerprint density at radius 1 is 0.909 bits per heavy atom. The first kappa shape index (κ1) is 37.5. The average molecular weight is 775 g/mol. The molecule has 55 heavy (non-hydrogen) atoms. The lowest BCUT2D eigenvalue weighted by molar-refractivity contribution is -0.137. The second-order valence-corrected chi connectivity index (χ2v) is 14.3. The van der Waals surface area contributed by atoms with E-state index < -0.39 is 38.4 Å². The Bertz CT molecular complexity index is 2320. The first-order valence-corrected chi connectivity index (χ1v) is 18.4. The molecule has 1 atom stereocenters. The summed E-state index contributed by atoms with van der Waals surface area (Å²) in [5, 5.41) is 12.0. The number of nitrogens with one attached hydrogen (secondary N) is 1. The van der Waals surface area contributed by atoms with Crippen LogP contribution in [-0.2, 0) is 49.3 Å². The number of phosphoric ester groups is 1. The van der Waals surface area contributed by atoms with Crippen molar-refractivity contribution in [2.75, 3.05) is 23.6 Å². The molecule has 3 heterocycles. The zero-order valence-electron chi connectivity index (χ0n) is 29.5. The lowest BCUT2D eigenvalue weighted by Crippen LogP contribution is -2.42. The van der Waals surface area contributed by atoms with Gasteiger partial charge in [0.25, 0.3) is 5.91 Å². The summed E-state index contributed by atoms with van der Waals surface area (Å²) >= 11 is 0. The third-order valence-electron chi connectivity index (χ3n) is 8.86. The third kappa shape index (κ3) is 8.32. The lowest BCUT2D eigenvalue weighted by Gasteiger charge is -2.32. The number of fused-ring (bicyclic) bond motifs is 2. The largest absolute Gasteiger partial charge is 0.478 e. The van der Waals surface area contributed by atoms with Gasteiger partial charge in [-0.15, -0.1) is 0 Å². The van der Waals surface area contributed by atoms with Crippen LogP contribution < -0.4 is 10.2 Å². The van der Waals surface area contributed by atoms with Crippen LogP contribution in [-0.4, -0.2) is 44.9 Å². The summed E-state index contributed by atoms with van der Waals surface area (Å²) < 4.78 is 77.8. The van der Waals surface area contributed by atoms with Gasteiger partial charge in [0, 0.05) is 30.2 Å². The van der Waals surface area contributed by atoms with Crippen LogP contribution in [0.15, 0.2) is 109 Å². The quantitative estimate of drug-likeness (QED) is 0.0955. The fraction of sp³-hybridized carbons (Fsp3) is 0.211. The molecule has 0 radical (unpaired) electrons. The molecule has 284 valence electrons. The number of benzene rings is 4. The van der Waals surface area contributed by atoms with Gasteiger partial charge in [-0.1, -0.05) is 66.7 Å². The summed E-state index contributed by atoms with van der Waals surface area (Å²) in [5.41, 5.74) is 2.99. The number of hydrogen-bond acceptors (Lipinski definition) is 9. The topological polar surface area (TPSA) is 139 Å². The van der Waals surface area contributed by atoms with Gasteiger partial charge in [0.2, 0.25) is 6.79 Å². The molecule has 0 saturated carbocycles. The fourth-order valence-corrected chi connectivity index (χ4v) is 7.11. The van der Waals surface area contributed by atoms with Crippen LogP contribution in [0, 0.1) is 0 Å². The normalized spacial score (nSPS) is 14.6. The summed E-state index contributed by atoms with van der Waals surface area (Å²) in [4.78, 5) is 28.1. The minimum Gasteiger partial charge on any atom is -0.421 e. The Kier molecular flexibility index (Phi) is 10.6. The average Bonchev–Trinajstić information content (AvgIpc) is 3.77. The van der Waals surface area contributed by atoms with Crippen molar-refractivity contribution in [3.05, 3.63) is 132 Å². The minimum atomic E-state index is -4.50. The van der Waals surface area contributed by atoms with Crippen molar-refractivity contribution in [3.63, 3.8) is 0 Å². The van der Waals surface area contributed by atoms with E-state index in [4.69, 9.17) is 18.3 Å². The second kappa shape index (κ2) is 15.5. The van der Waals surface area contributed by atoms with Crippen LogP contribution in [0.3, 0.4) is 0 Å². The highest BCUT2D eigenvalue weighted by Gasteiger charge is 2.35. The summed E-state index contributed by atoms with van der Waals surface area (Å²) in [7, 11) is -2.53. The number of alkyl halides is 3. The molecular weight excluding hydrogens is 740 g/mol. The molecule has 0 aliphatic carbocycles. The maximum absolute atomic E-state index is 13.8. The SMILES string of the molecule is C[C@H]1CN(c2ccc(C(F)(F)F)cc2)C(=O)c2c(-c3ccc4c(NC(=O)OCOP(=O)(OCc5ccccc5)OCc5ccccc5)nn(C)c4c3)cnn21. The van der Waals surface area contributed by atoms with E-state index >= 15 is 0 Å². The van der Waals surface area contributed by atoms with Crippen LogP contribution in [0.5, 0.6) is 0 Å².